The van der Waals surface area contributed by atoms with Crippen molar-refractivity contribution < 1.29 is 0 Å². The predicted octanol–water partition coefficient (Wildman–Crippen LogP) is 2.67. The fraction of sp³-hybridized carbons (Fsp3) is 0.462. The molecule has 1 rings (SSSR count). The lowest BCUT2D eigenvalue weighted by Gasteiger charge is -2.30. The maximum Gasteiger partial charge on any atom is 0.185 e. The molecule has 0 fully saturated rings. The van der Waals surface area contributed by atoms with Crippen molar-refractivity contribution in [1.82, 2.24) is 0 Å². The van der Waals surface area contributed by atoms with Crippen LogP contribution in [0, 0.1) is 0 Å². The highest BCUT2D eigenvalue weighted by molar-refractivity contribution is 6.30. The van der Waals surface area contributed by atoms with Crippen molar-refractivity contribution in [2.45, 2.75) is 32.1 Å². The predicted molar refractivity (Wildman–Crippen MR) is 74.4 cm³/mol. The molecule has 0 aliphatic carbocycles. The summed E-state index contributed by atoms with van der Waals surface area (Å²) in [5.74, 6) is 0.144. The Labute approximate surface area is 108 Å². The zero-order valence-corrected chi connectivity index (χ0v) is 11.2. The second-order valence-electron chi connectivity index (χ2n) is 4.24. The first-order valence-corrected chi connectivity index (χ1v) is 6.23. The first-order valence-electron chi connectivity index (χ1n) is 5.85. The van der Waals surface area contributed by atoms with Crippen LogP contribution in [0.3, 0.4) is 0 Å². The topological polar surface area (TPSA) is 64.4 Å². The van der Waals surface area contributed by atoms with Gasteiger partial charge in [-0.05, 0) is 30.5 Å². The van der Waals surface area contributed by atoms with E-state index < -0.39 is 0 Å². The number of hydrogen-bond acceptors (Lipinski definition) is 1. The van der Waals surface area contributed by atoms with Gasteiger partial charge in [-0.15, -0.1) is 0 Å². The summed E-state index contributed by atoms with van der Waals surface area (Å²) < 4.78 is 0. The van der Waals surface area contributed by atoms with Gasteiger partial charge in [-0.25, -0.2) is 0 Å². The average molecular weight is 254 g/mol. The van der Waals surface area contributed by atoms with Gasteiger partial charge in [-0.2, -0.15) is 0 Å². The van der Waals surface area contributed by atoms with Crippen LogP contribution in [0.2, 0.25) is 5.02 Å². The third-order valence-electron chi connectivity index (χ3n) is 3.37. The summed E-state index contributed by atoms with van der Waals surface area (Å²) >= 11 is 5.91. The van der Waals surface area contributed by atoms with E-state index in [9.17, 15) is 0 Å². The van der Waals surface area contributed by atoms with E-state index in [2.05, 4.69) is 31.0 Å². The molecule has 0 spiro atoms. The molecule has 17 heavy (non-hydrogen) atoms. The third kappa shape index (κ3) is 3.37. The number of halogens is 1. The van der Waals surface area contributed by atoms with Gasteiger partial charge in [0.1, 0.15) is 0 Å². The molecule has 0 bridgehead atoms. The van der Waals surface area contributed by atoms with E-state index in [1.165, 1.54) is 5.56 Å². The molecule has 4 N–H and O–H groups in total. The monoisotopic (exact) mass is 253 g/mol. The molecule has 0 atom stereocenters. The molecule has 0 aromatic heterocycles. The van der Waals surface area contributed by atoms with Gasteiger partial charge in [0, 0.05) is 10.4 Å². The fourth-order valence-electron chi connectivity index (χ4n) is 2.02. The lowest BCUT2D eigenvalue weighted by Crippen LogP contribution is -2.31. The van der Waals surface area contributed by atoms with Gasteiger partial charge in [0.25, 0.3) is 0 Å². The Bertz CT molecular complexity index is 376. The van der Waals surface area contributed by atoms with Crippen LogP contribution in [0.1, 0.15) is 32.3 Å². The molecule has 0 heterocycles. The lowest BCUT2D eigenvalue weighted by atomic mass is 9.76. The molecular weight excluding hydrogens is 234 g/mol. The Kier molecular flexibility index (Phi) is 4.82. The standard InChI is InChI=1S/C13H20ClN3/c1-3-13(4-2,9-17-12(15)16)10-5-7-11(14)8-6-10/h5-8H,3-4,9H2,1-2H3,(H4,15,16,17). The number of hydrogen-bond donors (Lipinski definition) is 2. The summed E-state index contributed by atoms with van der Waals surface area (Å²) in [6.07, 6.45) is 1.98. The maximum atomic E-state index is 5.91. The highest BCUT2D eigenvalue weighted by Crippen LogP contribution is 2.32. The molecule has 3 nitrogen and oxygen atoms in total. The van der Waals surface area contributed by atoms with Crippen LogP contribution in [0.25, 0.3) is 0 Å². The van der Waals surface area contributed by atoms with Crippen LogP contribution < -0.4 is 11.5 Å². The molecule has 0 aliphatic heterocycles. The zero-order valence-electron chi connectivity index (χ0n) is 10.4. The Balaban J connectivity index is 3.06. The van der Waals surface area contributed by atoms with E-state index in [0.717, 1.165) is 17.9 Å². The van der Waals surface area contributed by atoms with Crippen LogP contribution in [-0.4, -0.2) is 12.5 Å². The molecule has 94 valence electrons. The largest absolute Gasteiger partial charge is 0.370 e. The Morgan fingerprint density at radius 2 is 1.71 bits per heavy atom. The van der Waals surface area contributed by atoms with Crippen LogP contribution in [0.5, 0.6) is 0 Å². The van der Waals surface area contributed by atoms with Gasteiger partial charge in [-0.3, -0.25) is 4.99 Å². The van der Waals surface area contributed by atoms with Crippen molar-refractivity contribution in [2.75, 3.05) is 6.54 Å². The molecule has 1 aromatic rings. The molecule has 1 aromatic carbocycles. The molecule has 4 heteroatoms. The number of nitrogens with zero attached hydrogens (tertiary/aromatic N) is 1. The van der Waals surface area contributed by atoms with Crippen LogP contribution in [-0.2, 0) is 5.41 Å². The van der Waals surface area contributed by atoms with Gasteiger partial charge in [0.15, 0.2) is 5.96 Å². The Hall–Kier alpha value is -1.22. The first kappa shape index (κ1) is 13.8. The van der Waals surface area contributed by atoms with Crippen molar-refractivity contribution in [3.05, 3.63) is 34.9 Å². The summed E-state index contributed by atoms with van der Waals surface area (Å²) in [4.78, 5) is 4.18. The quantitative estimate of drug-likeness (QED) is 0.626. The first-order chi connectivity index (χ1) is 8.04. The summed E-state index contributed by atoms with van der Waals surface area (Å²) in [6, 6.07) is 7.92. The normalized spacial score (nSPS) is 11.2. The van der Waals surface area contributed by atoms with Gasteiger partial charge in [-0.1, -0.05) is 37.6 Å². The van der Waals surface area contributed by atoms with E-state index in [1.807, 2.05) is 12.1 Å². The Morgan fingerprint density at radius 1 is 1.18 bits per heavy atom. The third-order valence-corrected chi connectivity index (χ3v) is 3.63. The van der Waals surface area contributed by atoms with Crippen LogP contribution in [0.15, 0.2) is 29.3 Å². The number of nitrogens with two attached hydrogens (primary N) is 2. The minimum absolute atomic E-state index is 0.00538. The lowest BCUT2D eigenvalue weighted by molar-refractivity contribution is 0.408. The minimum atomic E-state index is -0.00538. The molecule has 0 aliphatic rings. The van der Waals surface area contributed by atoms with Crippen LogP contribution in [0.4, 0.5) is 0 Å². The highest BCUT2D eigenvalue weighted by atomic mass is 35.5. The van der Waals surface area contributed by atoms with Gasteiger partial charge in [0.05, 0.1) is 6.54 Å². The molecule has 0 radical (unpaired) electrons. The second-order valence-corrected chi connectivity index (χ2v) is 4.67. The summed E-state index contributed by atoms with van der Waals surface area (Å²) in [6.45, 7) is 4.92. The van der Waals surface area contributed by atoms with Gasteiger partial charge < -0.3 is 11.5 Å². The van der Waals surface area contributed by atoms with Crippen molar-refractivity contribution in [3.63, 3.8) is 0 Å². The molecule has 0 saturated heterocycles. The van der Waals surface area contributed by atoms with Crippen molar-refractivity contribution in [3.8, 4) is 0 Å². The van der Waals surface area contributed by atoms with Crippen molar-refractivity contribution in [2.24, 2.45) is 16.5 Å². The SMILES string of the molecule is CCC(CC)(CN=C(N)N)c1ccc(Cl)cc1. The second kappa shape index (κ2) is 5.92. The summed E-state index contributed by atoms with van der Waals surface area (Å²) in [5, 5.41) is 0.747. The number of aliphatic imine (C=N–C) groups is 1. The van der Waals surface area contributed by atoms with Gasteiger partial charge in [0.2, 0.25) is 0 Å². The van der Waals surface area contributed by atoms with Crippen molar-refractivity contribution in [1.29, 1.82) is 0 Å². The molecule has 0 saturated carbocycles. The van der Waals surface area contributed by atoms with E-state index in [1.54, 1.807) is 0 Å². The van der Waals surface area contributed by atoms with E-state index in [4.69, 9.17) is 23.1 Å². The van der Waals surface area contributed by atoms with E-state index in [0.29, 0.717) is 6.54 Å². The summed E-state index contributed by atoms with van der Waals surface area (Å²) in [5.41, 5.74) is 12.1. The molecule has 0 unspecified atom stereocenters. The van der Waals surface area contributed by atoms with Crippen LogP contribution >= 0.6 is 11.6 Å². The Morgan fingerprint density at radius 3 is 2.12 bits per heavy atom. The van der Waals surface area contributed by atoms with E-state index >= 15 is 0 Å². The fourth-order valence-corrected chi connectivity index (χ4v) is 2.15. The van der Waals surface area contributed by atoms with E-state index in [-0.39, 0.29) is 11.4 Å². The van der Waals surface area contributed by atoms with Gasteiger partial charge >= 0.3 is 0 Å². The number of rotatable bonds is 5. The summed E-state index contributed by atoms with van der Waals surface area (Å²) in [7, 11) is 0. The average Bonchev–Trinajstić information content (AvgIpc) is 2.32. The maximum absolute atomic E-state index is 5.91. The minimum Gasteiger partial charge on any atom is -0.370 e. The number of benzene rings is 1. The van der Waals surface area contributed by atoms with Crippen molar-refractivity contribution >= 4 is 17.6 Å². The molecular formula is C13H20ClN3. The molecule has 0 amide bonds. The smallest absolute Gasteiger partial charge is 0.185 e. The highest BCUT2D eigenvalue weighted by Gasteiger charge is 2.28. The number of guanidine groups is 1. The zero-order chi connectivity index (χ0) is 12.9.